The Kier molecular flexibility index (Phi) is 7.56. The SMILES string of the molecule is CC(C)C[C@H](NC(=O)CNC(=O)c1ccccc1Oc1ccccc1)C(=O)O. The zero-order valence-corrected chi connectivity index (χ0v) is 15.8. The number of rotatable bonds is 9. The fourth-order valence-electron chi connectivity index (χ4n) is 2.55. The summed E-state index contributed by atoms with van der Waals surface area (Å²) in [4.78, 5) is 35.7. The molecule has 0 unspecified atom stereocenters. The number of carboxylic acids is 1. The standard InChI is InChI=1S/C21H24N2O5/c1-14(2)12-17(21(26)27)23-19(24)13-22-20(25)16-10-6-7-11-18(16)28-15-8-4-3-5-9-15/h3-11,14,17H,12-13H2,1-2H3,(H,22,25)(H,23,24)(H,26,27)/t17-/m0/s1. The number of carboxylic acid groups (broad SMARTS) is 1. The van der Waals surface area contributed by atoms with Gasteiger partial charge in [-0.2, -0.15) is 0 Å². The van der Waals surface area contributed by atoms with Gasteiger partial charge in [0.25, 0.3) is 5.91 Å². The van der Waals surface area contributed by atoms with Gasteiger partial charge in [0.2, 0.25) is 5.91 Å². The predicted molar refractivity (Wildman–Crippen MR) is 104 cm³/mol. The zero-order valence-electron chi connectivity index (χ0n) is 15.8. The molecule has 2 aromatic rings. The maximum Gasteiger partial charge on any atom is 0.326 e. The number of hydrogen-bond donors (Lipinski definition) is 3. The number of ether oxygens (including phenoxy) is 1. The molecule has 0 saturated carbocycles. The molecule has 0 saturated heterocycles. The third-order valence-corrected chi connectivity index (χ3v) is 3.85. The Balaban J connectivity index is 1.97. The van der Waals surface area contributed by atoms with E-state index in [2.05, 4.69) is 10.6 Å². The third kappa shape index (κ3) is 6.42. The maximum absolute atomic E-state index is 12.5. The Morgan fingerprint density at radius 1 is 1.00 bits per heavy atom. The summed E-state index contributed by atoms with van der Waals surface area (Å²) in [7, 11) is 0. The van der Waals surface area contributed by atoms with Crippen molar-refractivity contribution in [2.75, 3.05) is 6.54 Å². The minimum absolute atomic E-state index is 0.109. The first-order chi connectivity index (χ1) is 13.4. The van der Waals surface area contributed by atoms with Gasteiger partial charge in [0.15, 0.2) is 0 Å². The lowest BCUT2D eigenvalue weighted by molar-refractivity contribution is -0.142. The van der Waals surface area contributed by atoms with Crippen LogP contribution in [0.25, 0.3) is 0 Å². The summed E-state index contributed by atoms with van der Waals surface area (Å²) in [5.41, 5.74) is 0.274. The molecule has 0 heterocycles. The average Bonchev–Trinajstić information content (AvgIpc) is 2.66. The van der Waals surface area contributed by atoms with Gasteiger partial charge in [-0.1, -0.05) is 44.2 Å². The largest absolute Gasteiger partial charge is 0.480 e. The fraction of sp³-hybridized carbons (Fsp3) is 0.286. The zero-order chi connectivity index (χ0) is 20.5. The van der Waals surface area contributed by atoms with E-state index in [4.69, 9.17) is 4.74 Å². The molecule has 2 amide bonds. The van der Waals surface area contributed by atoms with Crippen LogP contribution >= 0.6 is 0 Å². The predicted octanol–water partition coefficient (Wildman–Crippen LogP) is 2.82. The lowest BCUT2D eigenvalue weighted by Crippen LogP contribution is -2.46. The van der Waals surface area contributed by atoms with Crippen LogP contribution in [-0.2, 0) is 9.59 Å². The molecule has 0 radical (unpaired) electrons. The van der Waals surface area contributed by atoms with Crippen molar-refractivity contribution in [1.82, 2.24) is 10.6 Å². The Labute approximate surface area is 163 Å². The summed E-state index contributed by atoms with van der Waals surface area (Å²) >= 11 is 0. The molecular formula is C21H24N2O5. The van der Waals surface area contributed by atoms with Crippen LogP contribution in [0.1, 0.15) is 30.6 Å². The van der Waals surface area contributed by atoms with Gasteiger partial charge >= 0.3 is 5.97 Å². The number of carbonyl (C=O) groups excluding carboxylic acids is 2. The topological polar surface area (TPSA) is 105 Å². The molecule has 0 fully saturated rings. The minimum Gasteiger partial charge on any atom is -0.480 e. The van der Waals surface area contributed by atoms with Crippen molar-refractivity contribution in [3.8, 4) is 11.5 Å². The first kappa shape index (κ1) is 21.0. The first-order valence-electron chi connectivity index (χ1n) is 8.99. The van der Waals surface area contributed by atoms with E-state index in [1.165, 1.54) is 0 Å². The molecule has 1 atom stereocenters. The van der Waals surface area contributed by atoms with Crippen molar-refractivity contribution in [2.45, 2.75) is 26.3 Å². The molecule has 0 aliphatic rings. The molecule has 7 heteroatoms. The Morgan fingerprint density at radius 3 is 2.29 bits per heavy atom. The van der Waals surface area contributed by atoms with Gasteiger partial charge in [-0.25, -0.2) is 4.79 Å². The van der Waals surface area contributed by atoms with E-state index < -0.39 is 23.8 Å². The van der Waals surface area contributed by atoms with E-state index in [1.54, 1.807) is 36.4 Å². The molecule has 7 nitrogen and oxygen atoms in total. The van der Waals surface area contributed by atoms with Crippen LogP contribution < -0.4 is 15.4 Å². The van der Waals surface area contributed by atoms with Gasteiger partial charge in [0.05, 0.1) is 12.1 Å². The molecule has 2 rings (SSSR count). The number of amides is 2. The highest BCUT2D eigenvalue weighted by atomic mass is 16.5. The highest BCUT2D eigenvalue weighted by Gasteiger charge is 2.21. The van der Waals surface area contributed by atoms with Crippen molar-refractivity contribution in [2.24, 2.45) is 5.92 Å². The monoisotopic (exact) mass is 384 g/mol. The molecule has 0 aliphatic carbocycles. The van der Waals surface area contributed by atoms with E-state index in [0.29, 0.717) is 17.9 Å². The molecular weight excluding hydrogens is 360 g/mol. The molecule has 148 valence electrons. The van der Waals surface area contributed by atoms with E-state index in [-0.39, 0.29) is 18.0 Å². The van der Waals surface area contributed by atoms with E-state index in [9.17, 15) is 19.5 Å². The van der Waals surface area contributed by atoms with Crippen LogP contribution in [0.15, 0.2) is 54.6 Å². The second kappa shape index (κ2) is 10.1. The molecule has 2 aromatic carbocycles. The van der Waals surface area contributed by atoms with E-state index in [1.807, 2.05) is 32.0 Å². The second-order valence-electron chi connectivity index (χ2n) is 6.68. The summed E-state index contributed by atoms with van der Waals surface area (Å²) in [6.07, 6.45) is 0.308. The smallest absolute Gasteiger partial charge is 0.326 e. The Bertz CT molecular complexity index is 821. The van der Waals surface area contributed by atoms with Crippen molar-refractivity contribution in [3.63, 3.8) is 0 Å². The van der Waals surface area contributed by atoms with Crippen LogP contribution in [0.2, 0.25) is 0 Å². The molecule has 0 aromatic heterocycles. The highest BCUT2D eigenvalue weighted by Crippen LogP contribution is 2.24. The van der Waals surface area contributed by atoms with E-state index >= 15 is 0 Å². The number of carbonyl (C=O) groups is 3. The number of aliphatic carboxylic acids is 1. The normalized spacial score (nSPS) is 11.5. The van der Waals surface area contributed by atoms with Crippen LogP contribution in [0.3, 0.4) is 0 Å². The lowest BCUT2D eigenvalue weighted by Gasteiger charge is -2.17. The van der Waals surface area contributed by atoms with Crippen LogP contribution in [0, 0.1) is 5.92 Å². The Hall–Kier alpha value is -3.35. The van der Waals surface area contributed by atoms with Gasteiger partial charge in [0, 0.05) is 0 Å². The summed E-state index contributed by atoms with van der Waals surface area (Å²) in [6, 6.07) is 14.7. The number of para-hydroxylation sites is 2. The molecule has 0 aliphatic heterocycles. The number of benzene rings is 2. The summed E-state index contributed by atoms with van der Waals surface area (Å²) in [5, 5.41) is 14.1. The number of hydrogen-bond acceptors (Lipinski definition) is 4. The molecule has 3 N–H and O–H groups in total. The van der Waals surface area contributed by atoms with Crippen LogP contribution in [0.5, 0.6) is 11.5 Å². The molecule has 28 heavy (non-hydrogen) atoms. The summed E-state index contributed by atoms with van der Waals surface area (Å²) in [5.74, 6) is -1.11. The van der Waals surface area contributed by atoms with Crippen LogP contribution in [0.4, 0.5) is 0 Å². The van der Waals surface area contributed by atoms with E-state index in [0.717, 1.165) is 0 Å². The Morgan fingerprint density at radius 2 is 1.64 bits per heavy atom. The van der Waals surface area contributed by atoms with Gasteiger partial charge in [-0.15, -0.1) is 0 Å². The average molecular weight is 384 g/mol. The van der Waals surface area contributed by atoms with Crippen molar-refractivity contribution in [1.29, 1.82) is 0 Å². The second-order valence-corrected chi connectivity index (χ2v) is 6.68. The summed E-state index contributed by atoms with van der Waals surface area (Å²) < 4.78 is 5.74. The highest BCUT2D eigenvalue weighted by molar-refractivity contribution is 5.99. The fourth-order valence-corrected chi connectivity index (χ4v) is 2.55. The first-order valence-corrected chi connectivity index (χ1v) is 8.99. The molecule has 0 bridgehead atoms. The third-order valence-electron chi connectivity index (χ3n) is 3.85. The van der Waals surface area contributed by atoms with Crippen LogP contribution in [-0.4, -0.2) is 35.5 Å². The maximum atomic E-state index is 12.5. The van der Waals surface area contributed by atoms with Gasteiger partial charge in [0.1, 0.15) is 17.5 Å². The van der Waals surface area contributed by atoms with Gasteiger partial charge in [-0.3, -0.25) is 9.59 Å². The van der Waals surface area contributed by atoms with Crippen molar-refractivity contribution >= 4 is 17.8 Å². The van der Waals surface area contributed by atoms with Crippen molar-refractivity contribution in [3.05, 3.63) is 60.2 Å². The minimum atomic E-state index is -1.10. The van der Waals surface area contributed by atoms with Gasteiger partial charge < -0.3 is 20.5 Å². The lowest BCUT2D eigenvalue weighted by atomic mass is 10.0. The quantitative estimate of drug-likeness (QED) is 0.617. The summed E-state index contributed by atoms with van der Waals surface area (Å²) in [6.45, 7) is 3.40. The number of nitrogens with one attached hydrogen (secondary N) is 2. The van der Waals surface area contributed by atoms with Gasteiger partial charge in [-0.05, 0) is 36.6 Å². The van der Waals surface area contributed by atoms with Crippen molar-refractivity contribution < 1.29 is 24.2 Å². The molecule has 0 spiro atoms.